The second kappa shape index (κ2) is 4.61. The molecule has 0 aliphatic carbocycles. The fraction of sp³-hybridized carbons (Fsp3) is 0.700. The highest BCUT2D eigenvalue weighted by Gasteiger charge is 2.24. The molecule has 1 aromatic heterocycles. The van der Waals surface area contributed by atoms with Crippen LogP contribution in [0.15, 0.2) is 0 Å². The molecule has 0 saturated carbocycles. The Bertz CT molecular complexity index is 369. The minimum Gasteiger partial charge on any atom is -0.393 e. The molecule has 1 saturated heterocycles. The third-order valence-corrected chi connectivity index (χ3v) is 2.81. The maximum Gasteiger partial charge on any atom is 0.293 e. The number of hydrogen-bond acceptors (Lipinski definition) is 4. The number of carbonyl (C=O) groups excluding carboxylic acids is 1. The number of piperidine rings is 1. The van der Waals surface area contributed by atoms with Crippen LogP contribution in [0, 0.1) is 0 Å². The molecule has 1 aliphatic rings. The monoisotopic (exact) mass is 224 g/mol. The summed E-state index contributed by atoms with van der Waals surface area (Å²) >= 11 is 0. The number of aryl methyl sites for hydroxylation is 1. The van der Waals surface area contributed by atoms with E-state index in [2.05, 4.69) is 15.2 Å². The zero-order chi connectivity index (χ0) is 11.5. The van der Waals surface area contributed by atoms with Crippen molar-refractivity contribution in [2.24, 2.45) is 0 Å². The lowest BCUT2D eigenvalue weighted by molar-refractivity contribution is 0.0536. The van der Waals surface area contributed by atoms with Gasteiger partial charge < -0.3 is 10.0 Å². The Balaban J connectivity index is 2.01. The summed E-state index contributed by atoms with van der Waals surface area (Å²) in [7, 11) is 0. The first kappa shape index (κ1) is 11.1. The first-order valence-corrected chi connectivity index (χ1v) is 5.59. The molecule has 6 heteroatoms. The minimum absolute atomic E-state index is 0.150. The lowest BCUT2D eigenvalue weighted by atomic mass is 10.1. The van der Waals surface area contributed by atoms with Crippen LogP contribution in [-0.2, 0) is 6.42 Å². The highest BCUT2D eigenvalue weighted by molar-refractivity contribution is 5.90. The van der Waals surface area contributed by atoms with E-state index in [1.165, 1.54) is 0 Å². The number of carbonyl (C=O) groups is 1. The van der Waals surface area contributed by atoms with Crippen molar-refractivity contribution in [3.8, 4) is 0 Å². The summed E-state index contributed by atoms with van der Waals surface area (Å²) in [5.74, 6) is 0.802. The quantitative estimate of drug-likeness (QED) is 0.738. The Morgan fingerprint density at radius 2 is 2.25 bits per heavy atom. The van der Waals surface area contributed by atoms with Crippen LogP contribution >= 0.6 is 0 Å². The highest BCUT2D eigenvalue weighted by atomic mass is 16.3. The van der Waals surface area contributed by atoms with Crippen molar-refractivity contribution >= 4 is 5.91 Å². The first-order chi connectivity index (χ1) is 7.70. The number of H-pyrrole nitrogens is 1. The molecule has 0 radical (unpaired) electrons. The Morgan fingerprint density at radius 3 is 2.81 bits per heavy atom. The van der Waals surface area contributed by atoms with Crippen molar-refractivity contribution in [2.75, 3.05) is 13.1 Å². The summed E-state index contributed by atoms with van der Waals surface area (Å²) < 4.78 is 0. The van der Waals surface area contributed by atoms with Crippen molar-refractivity contribution < 1.29 is 9.90 Å². The summed E-state index contributed by atoms with van der Waals surface area (Å²) in [4.78, 5) is 17.7. The number of aromatic nitrogens is 3. The fourth-order valence-electron chi connectivity index (χ4n) is 1.76. The maximum absolute atomic E-state index is 11.9. The maximum atomic E-state index is 11.9. The molecule has 1 fully saturated rings. The number of aliphatic hydroxyl groups is 1. The van der Waals surface area contributed by atoms with Gasteiger partial charge in [0.2, 0.25) is 5.82 Å². The lowest BCUT2D eigenvalue weighted by Gasteiger charge is -2.28. The van der Waals surface area contributed by atoms with Gasteiger partial charge >= 0.3 is 0 Å². The van der Waals surface area contributed by atoms with Crippen molar-refractivity contribution in [3.05, 3.63) is 11.6 Å². The number of aromatic amines is 1. The third kappa shape index (κ3) is 2.21. The van der Waals surface area contributed by atoms with E-state index in [9.17, 15) is 9.90 Å². The molecule has 1 aromatic rings. The average Bonchev–Trinajstić information content (AvgIpc) is 2.77. The Morgan fingerprint density at radius 1 is 1.56 bits per heavy atom. The first-order valence-electron chi connectivity index (χ1n) is 5.59. The molecule has 0 aromatic carbocycles. The van der Waals surface area contributed by atoms with Crippen LogP contribution < -0.4 is 0 Å². The van der Waals surface area contributed by atoms with E-state index in [4.69, 9.17) is 0 Å². The number of rotatable bonds is 2. The molecular formula is C10H16N4O2. The van der Waals surface area contributed by atoms with Gasteiger partial charge in [-0.05, 0) is 12.8 Å². The molecule has 88 valence electrons. The van der Waals surface area contributed by atoms with Crippen LogP contribution in [0.4, 0.5) is 0 Å². The van der Waals surface area contributed by atoms with Crippen LogP contribution in [0.5, 0.6) is 0 Å². The predicted molar refractivity (Wildman–Crippen MR) is 56.9 cm³/mol. The van der Waals surface area contributed by atoms with Crippen LogP contribution in [0.25, 0.3) is 0 Å². The number of nitrogens with zero attached hydrogens (tertiary/aromatic N) is 3. The van der Waals surface area contributed by atoms with Gasteiger partial charge in [0, 0.05) is 19.5 Å². The summed E-state index contributed by atoms with van der Waals surface area (Å²) in [5.41, 5.74) is 0. The topological polar surface area (TPSA) is 82.1 Å². The van der Waals surface area contributed by atoms with Crippen molar-refractivity contribution in [1.29, 1.82) is 0 Å². The third-order valence-electron chi connectivity index (χ3n) is 2.81. The van der Waals surface area contributed by atoms with E-state index in [1.54, 1.807) is 4.90 Å². The summed E-state index contributed by atoms with van der Waals surface area (Å²) in [5, 5.41) is 16.0. The summed E-state index contributed by atoms with van der Waals surface area (Å²) in [6, 6.07) is 0. The lowest BCUT2D eigenvalue weighted by Crippen LogP contribution is -2.40. The predicted octanol–water partition coefficient (Wildman–Crippen LogP) is -0.0360. The molecule has 0 atom stereocenters. The van der Waals surface area contributed by atoms with Gasteiger partial charge in [0.25, 0.3) is 5.91 Å². The van der Waals surface area contributed by atoms with Gasteiger partial charge in [0.05, 0.1) is 6.10 Å². The second-order valence-corrected chi connectivity index (χ2v) is 3.98. The van der Waals surface area contributed by atoms with E-state index < -0.39 is 0 Å². The fourth-order valence-corrected chi connectivity index (χ4v) is 1.76. The molecule has 0 bridgehead atoms. The van der Waals surface area contributed by atoms with E-state index >= 15 is 0 Å². The molecule has 1 aliphatic heterocycles. The van der Waals surface area contributed by atoms with Gasteiger partial charge in [-0.1, -0.05) is 6.92 Å². The van der Waals surface area contributed by atoms with Crippen molar-refractivity contribution in [1.82, 2.24) is 20.1 Å². The van der Waals surface area contributed by atoms with Gasteiger partial charge in [-0.15, -0.1) is 5.10 Å². The molecule has 1 amide bonds. The number of hydrogen-bond donors (Lipinski definition) is 2. The smallest absolute Gasteiger partial charge is 0.293 e. The molecule has 6 nitrogen and oxygen atoms in total. The standard InChI is InChI=1S/C10H16N4O2/c1-2-8-11-9(13-12-8)10(16)14-5-3-7(15)4-6-14/h7,15H,2-6H2,1H3,(H,11,12,13). The van der Waals surface area contributed by atoms with Gasteiger partial charge in [0.15, 0.2) is 0 Å². The van der Waals surface area contributed by atoms with Crippen LogP contribution in [0.2, 0.25) is 0 Å². The number of aliphatic hydroxyl groups excluding tert-OH is 1. The summed E-state index contributed by atoms with van der Waals surface area (Å²) in [6.45, 7) is 3.11. The van der Waals surface area contributed by atoms with Crippen molar-refractivity contribution in [2.45, 2.75) is 32.3 Å². The summed E-state index contributed by atoms with van der Waals surface area (Å²) in [6.07, 6.45) is 1.73. The molecular weight excluding hydrogens is 208 g/mol. The molecule has 2 N–H and O–H groups in total. The zero-order valence-electron chi connectivity index (χ0n) is 9.31. The Hall–Kier alpha value is -1.43. The van der Waals surface area contributed by atoms with E-state index in [0.717, 1.165) is 12.2 Å². The minimum atomic E-state index is -0.276. The molecule has 2 rings (SSSR count). The van der Waals surface area contributed by atoms with E-state index in [1.807, 2.05) is 6.92 Å². The van der Waals surface area contributed by atoms with Gasteiger partial charge in [-0.2, -0.15) is 0 Å². The van der Waals surface area contributed by atoms with Crippen molar-refractivity contribution in [3.63, 3.8) is 0 Å². The largest absolute Gasteiger partial charge is 0.393 e. The number of nitrogens with one attached hydrogen (secondary N) is 1. The average molecular weight is 224 g/mol. The highest BCUT2D eigenvalue weighted by Crippen LogP contribution is 2.12. The molecule has 2 heterocycles. The SMILES string of the molecule is CCc1nc(C(=O)N2CCC(O)CC2)n[nH]1. The normalized spacial score (nSPS) is 17.8. The Kier molecular flexibility index (Phi) is 3.19. The number of amides is 1. The van der Waals surface area contributed by atoms with Crippen LogP contribution in [0.3, 0.4) is 0 Å². The number of likely N-dealkylation sites (tertiary alicyclic amines) is 1. The van der Waals surface area contributed by atoms with Gasteiger partial charge in [0.1, 0.15) is 5.82 Å². The second-order valence-electron chi connectivity index (χ2n) is 3.98. The van der Waals surface area contributed by atoms with Gasteiger partial charge in [-0.3, -0.25) is 9.89 Å². The molecule has 0 spiro atoms. The van der Waals surface area contributed by atoms with Crippen LogP contribution in [0.1, 0.15) is 36.2 Å². The molecule has 0 unspecified atom stereocenters. The van der Waals surface area contributed by atoms with E-state index in [0.29, 0.717) is 25.9 Å². The van der Waals surface area contributed by atoms with E-state index in [-0.39, 0.29) is 17.8 Å². The molecule has 16 heavy (non-hydrogen) atoms. The van der Waals surface area contributed by atoms with Gasteiger partial charge in [-0.25, -0.2) is 4.98 Å². The van der Waals surface area contributed by atoms with Crippen LogP contribution in [-0.4, -0.2) is 50.3 Å². The zero-order valence-corrected chi connectivity index (χ0v) is 9.31. The Labute approximate surface area is 93.7 Å².